The van der Waals surface area contributed by atoms with Gasteiger partial charge in [-0.25, -0.2) is 9.82 Å². The van der Waals surface area contributed by atoms with E-state index < -0.39 is 18.2 Å². The topological polar surface area (TPSA) is 79.8 Å². The van der Waals surface area contributed by atoms with Crippen molar-refractivity contribution in [1.29, 1.82) is 0 Å². The maximum Gasteiger partial charge on any atom is 0.249 e. The Morgan fingerprint density at radius 3 is 2.54 bits per heavy atom. The normalized spacial score (nSPS) is 10.4. The van der Waals surface area contributed by atoms with Gasteiger partial charge in [0.1, 0.15) is 18.0 Å². The predicted octanol–water partition coefficient (Wildman–Crippen LogP) is 2.31. The van der Waals surface area contributed by atoms with Crippen molar-refractivity contribution in [3.63, 3.8) is 0 Å². The van der Waals surface area contributed by atoms with Crippen LogP contribution in [0, 0.1) is 5.82 Å². The molecule has 6 nitrogen and oxygen atoms in total. The molecule has 0 aliphatic rings. The molecule has 0 spiro atoms. The van der Waals surface area contributed by atoms with Gasteiger partial charge in [-0.3, -0.25) is 9.59 Å². The summed E-state index contributed by atoms with van der Waals surface area (Å²) < 4.78 is 17.9. The molecule has 0 atom stereocenters. The fraction of sp³-hybridized carbons (Fsp3) is 0.118. The third-order valence-electron chi connectivity index (χ3n) is 2.98. The second-order valence-electron chi connectivity index (χ2n) is 4.77. The molecule has 0 unspecified atom stereocenters. The van der Waals surface area contributed by atoms with E-state index in [4.69, 9.17) is 4.74 Å². The van der Waals surface area contributed by atoms with Crippen LogP contribution in [0.2, 0.25) is 0 Å². The molecule has 2 amide bonds. The number of amides is 2. The van der Waals surface area contributed by atoms with Crippen LogP contribution >= 0.6 is 0 Å². The van der Waals surface area contributed by atoms with E-state index in [1.807, 2.05) is 0 Å². The molecule has 2 N–H and O–H groups in total. The predicted molar refractivity (Wildman–Crippen MR) is 88.4 cm³/mol. The number of halogens is 1. The largest absolute Gasteiger partial charge is 0.495 e. The molecule has 0 saturated heterocycles. The molecule has 0 radical (unpaired) electrons. The van der Waals surface area contributed by atoms with Gasteiger partial charge in [-0.15, -0.1) is 0 Å². The fourth-order valence-electron chi connectivity index (χ4n) is 1.86. The molecule has 0 bridgehead atoms. The lowest BCUT2D eigenvalue weighted by Crippen LogP contribution is -2.24. The van der Waals surface area contributed by atoms with E-state index in [1.165, 1.54) is 37.6 Å². The number of carbonyl (C=O) groups excluding carboxylic acids is 2. The zero-order valence-electron chi connectivity index (χ0n) is 13.0. The lowest BCUT2D eigenvalue weighted by molar-refractivity contribution is -0.126. The minimum atomic E-state index is -0.569. The van der Waals surface area contributed by atoms with Crippen LogP contribution in [0.15, 0.2) is 53.6 Å². The van der Waals surface area contributed by atoms with Crippen LogP contribution in [-0.4, -0.2) is 25.1 Å². The number of nitrogens with one attached hydrogen (secondary N) is 2. The Labute approximate surface area is 138 Å². The number of ether oxygens (including phenoxy) is 1. The molecule has 0 aliphatic heterocycles. The van der Waals surface area contributed by atoms with E-state index in [9.17, 15) is 14.0 Å². The third-order valence-corrected chi connectivity index (χ3v) is 2.98. The zero-order valence-corrected chi connectivity index (χ0v) is 13.0. The molecule has 124 valence electrons. The standard InChI is InChI=1S/C17H16FN3O3/c1-24-15-5-3-2-4-14(15)20-16(22)10-17(23)21-19-11-12-6-8-13(18)9-7-12/h2-9,11H,10H2,1H3,(H,20,22)(H,21,23). The number of anilines is 1. The van der Waals surface area contributed by atoms with Crippen LogP contribution in [0.3, 0.4) is 0 Å². The number of methoxy groups -OCH3 is 1. The van der Waals surface area contributed by atoms with Crippen molar-refractivity contribution in [2.24, 2.45) is 5.10 Å². The summed E-state index contributed by atoms with van der Waals surface area (Å²) in [7, 11) is 1.49. The van der Waals surface area contributed by atoms with Crippen molar-refractivity contribution in [1.82, 2.24) is 5.43 Å². The Bertz CT molecular complexity index is 745. The van der Waals surface area contributed by atoms with Crippen molar-refractivity contribution in [3.8, 4) is 5.75 Å². The van der Waals surface area contributed by atoms with Gasteiger partial charge in [-0.1, -0.05) is 24.3 Å². The molecule has 0 aromatic heterocycles. The molecular weight excluding hydrogens is 313 g/mol. The van der Waals surface area contributed by atoms with Gasteiger partial charge in [0.25, 0.3) is 0 Å². The summed E-state index contributed by atoms with van der Waals surface area (Å²) in [6.07, 6.45) is 0.967. The van der Waals surface area contributed by atoms with E-state index in [-0.39, 0.29) is 5.82 Å². The summed E-state index contributed by atoms with van der Waals surface area (Å²) in [6.45, 7) is 0. The second-order valence-corrected chi connectivity index (χ2v) is 4.77. The Hall–Kier alpha value is -3.22. The first-order valence-electron chi connectivity index (χ1n) is 7.09. The van der Waals surface area contributed by atoms with Crippen LogP contribution in [0.5, 0.6) is 5.75 Å². The summed E-state index contributed by atoms with van der Waals surface area (Å²) in [5.74, 6) is -0.917. The van der Waals surface area contributed by atoms with Gasteiger partial charge < -0.3 is 10.1 Å². The lowest BCUT2D eigenvalue weighted by atomic mass is 10.2. The van der Waals surface area contributed by atoms with E-state index in [1.54, 1.807) is 24.3 Å². The number of nitrogens with zero attached hydrogens (tertiary/aromatic N) is 1. The van der Waals surface area contributed by atoms with Crippen LogP contribution in [0.1, 0.15) is 12.0 Å². The van der Waals surface area contributed by atoms with E-state index in [2.05, 4.69) is 15.8 Å². The third kappa shape index (κ3) is 5.20. The molecule has 0 saturated carbocycles. The molecule has 2 rings (SSSR count). The summed E-state index contributed by atoms with van der Waals surface area (Å²) in [4.78, 5) is 23.5. The molecule has 0 aliphatic carbocycles. The summed E-state index contributed by atoms with van der Waals surface area (Å²) in [6, 6.07) is 12.5. The highest BCUT2D eigenvalue weighted by atomic mass is 19.1. The summed E-state index contributed by atoms with van der Waals surface area (Å²) >= 11 is 0. The number of benzene rings is 2. The van der Waals surface area contributed by atoms with Gasteiger partial charge in [0.05, 0.1) is 19.0 Å². The first-order valence-corrected chi connectivity index (χ1v) is 7.09. The van der Waals surface area contributed by atoms with Gasteiger partial charge in [0.15, 0.2) is 0 Å². The van der Waals surface area contributed by atoms with E-state index >= 15 is 0 Å². The Balaban J connectivity index is 1.83. The number of para-hydroxylation sites is 2. The van der Waals surface area contributed by atoms with Gasteiger partial charge >= 0.3 is 0 Å². The highest BCUT2D eigenvalue weighted by Gasteiger charge is 2.11. The highest BCUT2D eigenvalue weighted by Crippen LogP contribution is 2.22. The quantitative estimate of drug-likeness (QED) is 0.485. The molecule has 2 aromatic rings. The molecule has 0 heterocycles. The van der Waals surface area contributed by atoms with Crippen molar-refractivity contribution in [3.05, 3.63) is 59.9 Å². The number of hydrogen-bond acceptors (Lipinski definition) is 4. The minimum Gasteiger partial charge on any atom is -0.495 e. The van der Waals surface area contributed by atoms with Crippen LogP contribution in [0.25, 0.3) is 0 Å². The Morgan fingerprint density at radius 2 is 1.83 bits per heavy atom. The van der Waals surface area contributed by atoms with Crippen molar-refractivity contribution in [2.45, 2.75) is 6.42 Å². The summed E-state index contributed by atoms with van der Waals surface area (Å²) in [5, 5.41) is 6.30. The SMILES string of the molecule is COc1ccccc1NC(=O)CC(=O)NN=Cc1ccc(F)cc1. The van der Waals surface area contributed by atoms with Gasteiger partial charge in [-0.2, -0.15) is 5.10 Å². The molecular formula is C17H16FN3O3. The van der Waals surface area contributed by atoms with Gasteiger partial charge in [-0.05, 0) is 29.8 Å². The second kappa shape index (κ2) is 8.42. The molecule has 2 aromatic carbocycles. The highest BCUT2D eigenvalue weighted by molar-refractivity contribution is 6.04. The van der Waals surface area contributed by atoms with Gasteiger partial charge in [0, 0.05) is 0 Å². The minimum absolute atomic E-state index is 0.357. The van der Waals surface area contributed by atoms with Crippen molar-refractivity contribution in [2.75, 3.05) is 12.4 Å². The number of hydrazone groups is 1. The van der Waals surface area contributed by atoms with Crippen LogP contribution in [-0.2, 0) is 9.59 Å². The smallest absolute Gasteiger partial charge is 0.249 e. The molecule has 7 heteroatoms. The zero-order chi connectivity index (χ0) is 17.4. The molecule has 0 fully saturated rings. The maximum absolute atomic E-state index is 12.7. The summed E-state index contributed by atoms with van der Waals surface area (Å²) in [5.41, 5.74) is 3.34. The monoisotopic (exact) mass is 329 g/mol. The van der Waals surface area contributed by atoms with E-state index in [0.717, 1.165) is 0 Å². The van der Waals surface area contributed by atoms with Crippen LogP contribution < -0.4 is 15.5 Å². The van der Waals surface area contributed by atoms with E-state index in [0.29, 0.717) is 17.0 Å². The fourth-order valence-corrected chi connectivity index (χ4v) is 1.86. The Kier molecular flexibility index (Phi) is 6.01. The van der Waals surface area contributed by atoms with Crippen molar-refractivity contribution < 1.29 is 18.7 Å². The average Bonchev–Trinajstić information content (AvgIpc) is 2.57. The number of rotatable bonds is 6. The first-order chi connectivity index (χ1) is 11.6. The Morgan fingerprint density at radius 1 is 1.12 bits per heavy atom. The maximum atomic E-state index is 12.7. The number of carbonyl (C=O) groups is 2. The number of hydrogen-bond donors (Lipinski definition) is 2. The van der Waals surface area contributed by atoms with Crippen molar-refractivity contribution >= 4 is 23.7 Å². The lowest BCUT2D eigenvalue weighted by Gasteiger charge is -2.09. The molecule has 24 heavy (non-hydrogen) atoms. The van der Waals surface area contributed by atoms with Gasteiger partial charge in [0.2, 0.25) is 11.8 Å². The first kappa shape index (κ1) is 17.1. The average molecular weight is 329 g/mol. The van der Waals surface area contributed by atoms with Crippen LogP contribution in [0.4, 0.5) is 10.1 Å².